The van der Waals surface area contributed by atoms with Gasteiger partial charge in [0.05, 0.1) is 0 Å². The van der Waals surface area contributed by atoms with E-state index >= 15 is 0 Å². The minimum atomic E-state index is -4.72. The highest BCUT2D eigenvalue weighted by Gasteiger charge is 2.30. The topological polar surface area (TPSA) is 26.3 Å². The summed E-state index contributed by atoms with van der Waals surface area (Å²) in [5, 5.41) is 1.52. The quantitative estimate of drug-likeness (QED) is 0.613. The third-order valence-corrected chi connectivity index (χ3v) is 3.09. The van der Waals surface area contributed by atoms with E-state index in [4.69, 9.17) is 0 Å². The summed E-state index contributed by atoms with van der Waals surface area (Å²) in [6.45, 7) is 0. The lowest BCUT2D eigenvalue weighted by Gasteiger charge is -2.09. The maximum atomic E-state index is 11.9. The molecule has 1 aromatic rings. The first-order chi connectivity index (χ1) is 8.07. The number of Topliss-reactive ketones (excluding diaryl/α,β-unsaturated/α-hetero) is 1. The summed E-state index contributed by atoms with van der Waals surface area (Å²) >= 11 is 3.36. The molecule has 0 aromatic heterocycles. The highest BCUT2D eigenvalue weighted by atomic mass is 79.9. The van der Waals surface area contributed by atoms with Gasteiger partial charge in [-0.05, 0) is 51.6 Å². The van der Waals surface area contributed by atoms with E-state index in [0.717, 1.165) is 12.1 Å². The number of hydrogen-bond donors (Lipinski definition) is 0. The number of ketones is 1. The molecule has 0 saturated heterocycles. The number of benzene rings is 1. The van der Waals surface area contributed by atoms with Crippen molar-refractivity contribution in [3.63, 3.8) is 0 Å². The van der Waals surface area contributed by atoms with E-state index in [2.05, 4.69) is 19.5 Å². The van der Waals surface area contributed by atoms with Crippen LogP contribution in [0.15, 0.2) is 24.3 Å². The van der Waals surface area contributed by atoms with Crippen molar-refractivity contribution in [2.45, 2.75) is 6.36 Å². The Balaban J connectivity index is 2.87. The van der Waals surface area contributed by atoms with Gasteiger partial charge in [-0.15, -0.1) is 13.2 Å². The predicted molar refractivity (Wildman–Crippen MR) is 71.9 cm³/mol. The summed E-state index contributed by atoms with van der Waals surface area (Å²) < 4.78 is 39.5. The van der Waals surface area contributed by atoms with Crippen molar-refractivity contribution in [3.8, 4) is 5.75 Å². The molecule has 0 N–H and O–H groups in total. The average molecular weight is 344 g/mol. The number of carbonyl (C=O) groups is 1. The summed E-state index contributed by atoms with van der Waals surface area (Å²) in [7, 11) is -1.28. The molecule has 0 spiro atoms. The molecule has 18 heavy (non-hydrogen) atoms. The first kappa shape index (κ1) is 15.2. The molecule has 0 atom stereocenters. The van der Waals surface area contributed by atoms with Crippen molar-refractivity contribution < 1.29 is 22.7 Å². The standard InChI is InChI=1S/C11H11BrF3O2S/c1-18(2,12)7-10(16)8-3-5-9(6-4-8)17-11(13,14)15/h3-7H,1-2H3. The smallest absolute Gasteiger partial charge is 0.406 e. The van der Waals surface area contributed by atoms with Crippen molar-refractivity contribution in [2.24, 2.45) is 0 Å². The number of ether oxygens (including phenoxy) is 1. The van der Waals surface area contributed by atoms with Gasteiger partial charge in [-0.25, -0.2) is 0 Å². The van der Waals surface area contributed by atoms with Crippen LogP contribution in [0.1, 0.15) is 10.4 Å². The SMILES string of the molecule is C[S](C)(Br)=CC(=O)c1ccc(OC(F)(F)F)cc1. The average Bonchev–Trinajstić information content (AvgIpc) is 2.13. The van der Waals surface area contributed by atoms with Crippen LogP contribution in [0.5, 0.6) is 5.75 Å². The van der Waals surface area contributed by atoms with Gasteiger partial charge in [-0.2, -0.15) is 8.05 Å². The highest BCUT2D eigenvalue weighted by molar-refractivity contribution is 9.57. The molecule has 0 aliphatic rings. The van der Waals surface area contributed by atoms with Gasteiger partial charge in [-0.1, -0.05) is 0 Å². The van der Waals surface area contributed by atoms with E-state index in [9.17, 15) is 18.0 Å². The zero-order valence-corrected chi connectivity index (χ0v) is 12.0. The van der Waals surface area contributed by atoms with Gasteiger partial charge in [0.2, 0.25) is 0 Å². The maximum Gasteiger partial charge on any atom is 0.573 e. The molecule has 0 fully saturated rings. The van der Waals surface area contributed by atoms with Crippen molar-refractivity contribution in [1.29, 1.82) is 0 Å². The van der Waals surface area contributed by atoms with Crippen molar-refractivity contribution in [1.82, 2.24) is 0 Å². The Morgan fingerprint density at radius 2 is 1.78 bits per heavy atom. The lowest BCUT2D eigenvalue weighted by Crippen LogP contribution is -2.17. The fourth-order valence-electron chi connectivity index (χ4n) is 1.14. The van der Waals surface area contributed by atoms with E-state index in [1.165, 1.54) is 17.5 Å². The maximum absolute atomic E-state index is 11.9. The van der Waals surface area contributed by atoms with E-state index in [-0.39, 0.29) is 11.5 Å². The molecule has 0 amide bonds. The molecule has 0 unspecified atom stereocenters. The molecule has 0 aliphatic heterocycles. The number of carbonyl (C=O) groups excluding carboxylic acids is 1. The van der Waals surface area contributed by atoms with E-state index in [0.29, 0.717) is 5.56 Å². The molecule has 0 saturated carbocycles. The fraction of sp³-hybridized carbons (Fsp3) is 0.273. The Morgan fingerprint density at radius 1 is 1.28 bits per heavy atom. The number of rotatable bonds is 3. The monoisotopic (exact) mass is 343 g/mol. The molecular formula is C11H11BrF3O2S. The van der Waals surface area contributed by atoms with E-state index in [1.54, 1.807) is 0 Å². The largest absolute Gasteiger partial charge is 0.573 e. The van der Waals surface area contributed by atoms with Crippen molar-refractivity contribution >= 4 is 34.0 Å². The highest BCUT2D eigenvalue weighted by Crippen LogP contribution is 2.35. The van der Waals surface area contributed by atoms with Crippen LogP contribution < -0.4 is 4.74 Å². The second-order valence-electron chi connectivity index (χ2n) is 3.83. The Bertz CT molecular complexity index is 480. The lowest BCUT2D eigenvalue weighted by atomic mass is 10.1. The third-order valence-electron chi connectivity index (χ3n) is 1.76. The molecule has 1 rings (SSSR count). The predicted octanol–water partition coefficient (Wildman–Crippen LogP) is 3.94. The summed E-state index contributed by atoms with van der Waals surface area (Å²) in [5.41, 5.74) is 0.324. The molecule has 2 nitrogen and oxygen atoms in total. The van der Waals surface area contributed by atoms with Crippen molar-refractivity contribution in [3.05, 3.63) is 29.8 Å². The van der Waals surface area contributed by atoms with Gasteiger partial charge in [0.15, 0.2) is 5.78 Å². The van der Waals surface area contributed by atoms with Gasteiger partial charge in [-0.3, -0.25) is 4.79 Å². The molecule has 1 radical (unpaired) electrons. The molecule has 0 aliphatic carbocycles. The zero-order chi connectivity index (χ0) is 14.0. The van der Waals surface area contributed by atoms with Gasteiger partial charge in [0.1, 0.15) is 5.75 Å². The van der Waals surface area contributed by atoms with Crippen LogP contribution >= 0.6 is 22.9 Å². The number of halogens is 4. The van der Waals surface area contributed by atoms with Crippen LogP contribution in [0.4, 0.5) is 13.2 Å². The second kappa shape index (κ2) is 5.44. The summed E-state index contributed by atoms with van der Waals surface area (Å²) in [6.07, 6.45) is -0.988. The Kier molecular flexibility index (Phi) is 4.61. The summed E-state index contributed by atoms with van der Waals surface area (Å²) in [4.78, 5) is 11.7. The van der Waals surface area contributed by atoms with Gasteiger partial charge >= 0.3 is 6.36 Å². The fourth-order valence-corrected chi connectivity index (χ4v) is 2.30. The first-order valence-electron chi connectivity index (χ1n) is 4.75. The Hall–Kier alpha value is -0.820. The molecule has 0 bridgehead atoms. The van der Waals surface area contributed by atoms with Crippen LogP contribution in [0.3, 0.4) is 0 Å². The number of hydrogen-bond acceptors (Lipinski definition) is 2. The summed E-state index contributed by atoms with van der Waals surface area (Å²) in [5.74, 6) is -0.574. The molecule has 7 heteroatoms. The lowest BCUT2D eigenvalue weighted by molar-refractivity contribution is -0.274. The van der Waals surface area contributed by atoms with Crippen LogP contribution in [-0.4, -0.2) is 30.0 Å². The minimum absolute atomic E-state index is 0.231. The normalized spacial score (nSPS) is 12.1. The van der Waals surface area contributed by atoms with Gasteiger partial charge in [0, 0.05) is 10.9 Å². The van der Waals surface area contributed by atoms with E-state index in [1.807, 2.05) is 12.5 Å². The third kappa shape index (κ3) is 5.68. The van der Waals surface area contributed by atoms with Gasteiger partial charge < -0.3 is 4.74 Å². The zero-order valence-electron chi connectivity index (χ0n) is 9.62. The van der Waals surface area contributed by atoms with Crippen LogP contribution in [0.2, 0.25) is 0 Å². The summed E-state index contributed by atoms with van der Waals surface area (Å²) in [6, 6.07) is 4.84. The van der Waals surface area contributed by atoms with Crippen molar-refractivity contribution in [2.75, 3.05) is 12.5 Å². The molecule has 101 valence electrons. The molecule has 1 aromatic carbocycles. The second-order valence-corrected chi connectivity index (χ2v) is 11.6. The Labute approximate surface area is 111 Å². The van der Waals surface area contributed by atoms with Gasteiger partial charge in [0.25, 0.3) is 0 Å². The Morgan fingerprint density at radius 3 is 2.17 bits per heavy atom. The van der Waals surface area contributed by atoms with Crippen LogP contribution in [0.25, 0.3) is 0 Å². The first-order valence-corrected chi connectivity index (χ1v) is 9.10. The van der Waals surface area contributed by atoms with Crippen LogP contribution in [-0.2, 0) is 0 Å². The minimum Gasteiger partial charge on any atom is -0.406 e. The van der Waals surface area contributed by atoms with Crippen LogP contribution in [0, 0.1) is 0 Å². The molecule has 0 heterocycles. The molecular weight excluding hydrogens is 333 g/mol. The van der Waals surface area contributed by atoms with E-state index < -0.39 is 14.4 Å². The number of alkyl halides is 3.